The summed E-state index contributed by atoms with van der Waals surface area (Å²) in [6.07, 6.45) is 1.01. The number of hydrogen-bond acceptors (Lipinski definition) is 3. The van der Waals surface area contributed by atoms with Crippen molar-refractivity contribution in [3.63, 3.8) is 0 Å². The molecule has 0 heterocycles. The van der Waals surface area contributed by atoms with Crippen LogP contribution < -0.4 is 16.0 Å². The summed E-state index contributed by atoms with van der Waals surface area (Å²) < 4.78 is 6.64. The number of nitrogens with two attached hydrogens (primary N) is 1. The van der Waals surface area contributed by atoms with Crippen LogP contribution in [0.5, 0.6) is 5.75 Å². The first-order chi connectivity index (χ1) is 9.74. The van der Waals surface area contributed by atoms with E-state index in [1.165, 1.54) is 0 Å². The molecule has 20 heavy (non-hydrogen) atoms. The molecule has 0 saturated carbocycles. The summed E-state index contributed by atoms with van der Waals surface area (Å²) in [5.74, 6) is 6.59. The Labute approximate surface area is 128 Å². The van der Waals surface area contributed by atoms with Crippen molar-refractivity contribution in [3.05, 3.63) is 64.1 Å². The molecule has 2 rings (SSSR count). The Kier molecular flexibility index (Phi) is 5.59. The molecule has 0 aromatic heterocycles. The molecule has 106 valence electrons. The van der Waals surface area contributed by atoms with Crippen molar-refractivity contribution in [2.75, 3.05) is 6.61 Å². The number of halogens is 1. The number of nitrogens with one attached hydrogen (secondary N) is 1. The highest BCUT2D eigenvalue weighted by molar-refractivity contribution is 9.10. The Balaban J connectivity index is 2.17. The van der Waals surface area contributed by atoms with Crippen molar-refractivity contribution in [3.8, 4) is 5.75 Å². The quantitative estimate of drug-likeness (QED) is 0.624. The van der Waals surface area contributed by atoms with E-state index < -0.39 is 0 Å². The fourth-order valence-corrected chi connectivity index (χ4v) is 2.28. The van der Waals surface area contributed by atoms with Crippen molar-refractivity contribution < 1.29 is 4.74 Å². The maximum absolute atomic E-state index is 5.70. The minimum atomic E-state index is -0.0247. The van der Waals surface area contributed by atoms with Gasteiger partial charge in [0.25, 0.3) is 0 Å². The lowest BCUT2D eigenvalue weighted by Gasteiger charge is -2.17. The Bertz CT molecular complexity index is 525. The number of hydrazine groups is 1. The van der Waals surface area contributed by atoms with Gasteiger partial charge in [-0.05, 0) is 41.8 Å². The highest BCUT2D eigenvalue weighted by Gasteiger charge is 2.12. The van der Waals surface area contributed by atoms with Crippen LogP contribution in [0.15, 0.2) is 53.0 Å². The number of benzene rings is 2. The summed E-state index contributed by atoms with van der Waals surface area (Å²) in [6.45, 7) is 2.83. The average Bonchev–Trinajstić information content (AvgIpc) is 2.49. The molecule has 3 N–H and O–H groups in total. The number of ether oxygens (including phenoxy) is 1. The standard InChI is InChI=1S/C16H19BrN2O/c1-2-11-20-15-9-5-13(6-10-15)16(19-18)12-3-7-14(17)8-4-12/h3-10,16,19H,2,11,18H2,1H3. The third-order valence-corrected chi connectivity index (χ3v) is 3.58. The van der Waals surface area contributed by atoms with Crippen LogP contribution in [-0.2, 0) is 0 Å². The zero-order valence-corrected chi connectivity index (χ0v) is 13.1. The summed E-state index contributed by atoms with van der Waals surface area (Å²) in [6, 6.07) is 16.1. The van der Waals surface area contributed by atoms with Gasteiger partial charge in [0.2, 0.25) is 0 Å². The normalized spacial score (nSPS) is 12.2. The molecule has 0 saturated heterocycles. The number of rotatable bonds is 6. The molecule has 0 fully saturated rings. The van der Waals surface area contributed by atoms with Gasteiger partial charge in [-0.2, -0.15) is 0 Å². The lowest BCUT2D eigenvalue weighted by molar-refractivity contribution is 0.317. The molecule has 0 amide bonds. The van der Waals surface area contributed by atoms with Crippen LogP contribution in [-0.4, -0.2) is 6.61 Å². The lowest BCUT2D eigenvalue weighted by atomic mass is 9.99. The SMILES string of the molecule is CCCOc1ccc(C(NN)c2ccc(Br)cc2)cc1. The van der Waals surface area contributed by atoms with Gasteiger partial charge in [-0.3, -0.25) is 5.84 Å². The maximum atomic E-state index is 5.70. The van der Waals surface area contributed by atoms with E-state index in [2.05, 4.69) is 40.4 Å². The van der Waals surface area contributed by atoms with E-state index >= 15 is 0 Å². The third-order valence-electron chi connectivity index (χ3n) is 3.06. The fourth-order valence-electron chi connectivity index (χ4n) is 2.02. The summed E-state index contributed by atoms with van der Waals surface area (Å²) in [4.78, 5) is 0. The molecule has 0 aliphatic heterocycles. The Morgan fingerprint density at radius 1 is 1.05 bits per heavy atom. The van der Waals surface area contributed by atoms with Gasteiger partial charge in [0, 0.05) is 4.47 Å². The fraction of sp³-hybridized carbons (Fsp3) is 0.250. The van der Waals surface area contributed by atoms with Gasteiger partial charge in [-0.1, -0.05) is 47.1 Å². The second-order valence-corrected chi connectivity index (χ2v) is 5.48. The van der Waals surface area contributed by atoms with Gasteiger partial charge < -0.3 is 4.74 Å². The topological polar surface area (TPSA) is 47.3 Å². The van der Waals surface area contributed by atoms with Crippen molar-refractivity contribution in [2.24, 2.45) is 5.84 Å². The monoisotopic (exact) mass is 334 g/mol. The molecule has 0 aliphatic carbocycles. The predicted molar refractivity (Wildman–Crippen MR) is 85.5 cm³/mol. The average molecular weight is 335 g/mol. The van der Waals surface area contributed by atoms with Crippen molar-refractivity contribution in [1.29, 1.82) is 0 Å². The molecule has 0 aliphatic rings. The largest absolute Gasteiger partial charge is 0.494 e. The van der Waals surface area contributed by atoms with E-state index in [4.69, 9.17) is 10.6 Å². The third kappa shape index (κ3) is 3.82. The first kappa shape index (κ1) is 15.0. The predicted octanol–water partition coefficient (Wildman–Crippen LogP) is 3.79. The van der Waals surface area contributed by atoms with Crippen LogP contribution >= 0.6 is 15.9 Å². The summed E-state index contributed by atoms with van der Waals surface area (Å²) in [5.41, 5.74) is 5.09. The molecular weight excluding hydrogens is 316 g/mol. The van der Waals surface area contributed by atoms with Crippen molar-refractivity contribution in [1.82, 2.24) is 5.43 Å². The van der Waals surface area contributed by atoms with Crippen LogP contribution in [0.2, 0.25) is 0 Å². The zero-order chi connectivity index (χ0) is 14.4. The molecular formula is C16H19BrN2O. The van der Waals surface area contributed by atoms with Gasteiger partial charge in [0.05, 0.1) is 12.6 Å². The second kappa shape index (κ2) is 7.43. The molecule has 0 bridgehead atoms. The van der Waals surface area contributed by atoms with Gasteiger partial charge in [0.1, 0.15) is 5.75 Å². The van der Waals surface area contributed by atoms with E-state index in [0.717, 1.165) is 34.4 Å². The van der Waals surface area contributed by atoms with Crippen LogP contribution in [0.25, 0.3) is 0 Å². The molecule has 4 heteroatoms. The molecule has 3 nitrogen and oxygen atoms in total. The second-order valence-electron chi connectivity index (χ2n) is 4.57. The van der Waals surface area contributed by atoms with E-state index in [1.807, 2.05) is 36.4 Å². The Hall–Kier alpha value is -1.36. The van der Waals surface area contributed by atoms with Crippen molar-refractivity contribution >= 4 is 15.9 Å². The van der Waals surface area contributed by atoms with Gasteiger partial charge in [0.15, 0.2) is 0 Å². The highest BCUT2D eigenvalue weighted by atomic mass is 79.9. The maximum Gasteiger partial charge on any atom is 0.119 e. The molecule has 0 spiro atoms. The summed E-state index contributed by atoms with van der Waals surface area (Å²) in [5, 5.41) is 0. The Morgan fingerprint density at radius 2 is 1.60 bits per heavy atom. The smallest absolute Gasteiger partial charge is 0.119 e. The van der Waals surface area contributed by atoms with Crippen LogP contribution in [0.4, 0.5) is 0 Å². The molecule has 1 unspecified atom stereocenters. The number of hydrogen-bond donors (Lipinski definition) is 2. The van der Waals surface area contributed by atoms with Crippen molar-refractivity contribution in [2.45, 2.75) is 19.4 Å². The van der Waals surface area contributed by atoms with Gasteiger partial charge >= 0.3 is 0 Å². The summed E-state index contributed by atoms with van der Waals surface area (Å²) >= 11 is 3.44. The van der Waals surface area contributed by atoms with E-state index in [9.17, 15) is 0 Å². The van der Waals surface area contributed by atoms with Gasteiger partial charge in [-0.15, -0.1) is 0 Å². The van der Waals surface area contributed by atoms with Gasteiger partial charge in [-0.25, -0.2) is 5.43 Å². The molecule has 0 radical (unpaired) electrons. The molecule has 1 atom stereocenters. The first-order valence-corrected chi connectivity index (χ1v) is 7.48. The lowest BCUT2D eigenvalue weighted by Crippen LogP contribution is -2.28. The highest BCUT2D eigenvalue weighted by Crippen LogP contribution is 2.24. The molecule has 2 aromatic carbocycles. The van der Waals surface area contributed by atoms with Crippen LogP contribution in [0.1, 0.15) is 30.5 Å². The van der Waals surface area contributed by atoms with E-state index in [0.29, 0.717) is 0 Å². The van der Waals surface area contributed by atoms with Crippen LogP contribution in [0, 0.1) is 0 Å². The zero-order valence-electron chi connectivity index (χ0n) is 11.5. The van der Waals surface area contributed by atoms with Crippen LogP contribution in [0.3, 0.4) is 0 Å². The molecule has 2 aromatic rings. The first-order valence-electron chi connectivity index (χ1n) is 6.69. The minimum Gasteiger partial charge on any atom is -0.494 e. The summed E-state index contributed by atoms with van der Waals surface area (Å²) in [7, 11) is 0. The Morgan fingerprint density at radius 3 is 2.10 bits per heavy atom. The van der Waals surface area contributed by atoms with E-state index in [1.54, 1.807) is 0 Å². The minimum absolute atomic E-state index is 0.0247. The van der Waals surface area contributed by atoms with E-state index in [-0.39, 0.29) is 6.04 Å².